The predicted molar refractivity (Wildman–Crippen MR) is 90.4 cm³/mol. The highest BCUT2D eigenvalue weighted by atomic mass is 16.9. The zero-order valence-corrected chi connectivity index (χ0v) is 14.2. The molecule has 0 aliphatic heterocycles. The molecule has 0 amide bonds. The van der Waals surface area contributed by atoms with Crippen molar-refractivity contribution in [2.24, 2.45) is 0 Å². The highest BCUT2D eigenvalue weighted by Gasteiger charge is 2.28. The van der Waals surface area contributed by atoms with Crippen LogP contribution in [-0.2, 0) is 9.57 Å². The maximum atomic E-state index is 12.5. The molecule has 136 valence electrons. The molecule has 1 aliphatic carbocycles. The largest absolute Gasteiger partial charge is 0.381 e. The molecule has 0 bridgehead atoms. The molecule has 0 spiro atoms. The van der Waals surface area contributed by atoms with Crippen LogP contribution in [0, 0.1) is 10.1 Å². The van der Waals surface area contributed by atoms with Gasteiger partial charge in [-0.2, -0.15) is 0 Å². The molecule has 3 N–H and O–H groups in total. The van der Waals surface area contributed by atoms with Crippen LogP contribution in [0.3, 0.4) is 0 Å². The fourth-order valence-electron chi connectivity index (χ4n) is 2.61. The summed E-state index contributed by atoms with van der Waals surface area (Å²) in [7, 11) is 0. The zero-order valence-electron chi connectivity index (χ0n) is 14.2. The average molecular weight is 351 g/mol. The number of ketones is 2. The number of hydrogen-bond donors (Lipinski definition) is 1. The molecule has 1 aromatic carbocycles. The molecule has 2 rings (SSSR count). The fourth-order valence-corrected chi connectivity index (χ4v) is 2.61. The molecule has 0 heterocycles. The highest BCUT2D eigenvalue weighted by molar-refractivity contribution is 6.26. The molecular weight excluding hydrogens is 329 g/mol. The normalized spacial score (nSPS) is 13.3. The van der Waals surface area contributed by atoms with Crippen molar-refractivity contribution < 1.29 is 24.3 Å². The summed E-state index contributed by atoms with van der Waals surface area (Å²) < 4.78 is 5.35. The molecule has 0 saturated heterocycles. The summed E-state index contributed by atoms with van der Waals surface area (Å²) in [5.41, 5.74) is 1.96. The Kier molecular flexibility index (Phi) is 7.90. The second kappa shape index (κ2) is 9.65. The van der Waals surface area contributed by atoms with Crippen LogP contribution in [0.2, 0.25) is 0 Å². The van der Waals surface area contributed by atoms with Crippen LogP contribution in [0.25, 0.3) is 0 Å². The number of benzene rings is 1. The average Bonchev–Trinajstić information content (AvgIpc) is 2.57. The van der Waals surface area contributed by atoms with E-state index in [-0.39, 0.29) is 24.3 Å². The SMILES string of the molecule is CC1=C(CCCOCCCO[N+](=O)[O-])C(=O)c2ccccc2C1=O.[15NH3]. The van der Waals surface area contributed by atoms with E-state index in [1.807, 2.05) is 0 Å². The molecule has 25 heavy (non-hydrogen) atoms. The summed E-state index contributed by atoms with van der Waals surface area (Å²) in [4.78, 5) is 39.0. The first-order valence-corrected chi connectivity index (χ1v) is 7.75. The Morgan fingerprint density at radius 3 is 2.24 bits per heavy atom. The lowest BCUT2D eigenvalue weighted by Crippen LogP contribution is -2.21. The Labute approximate surface area is 145 Å². The first kappa shape index (κ1) is 20.5. The number of allylic oxidation sites excluding steroid dienone is 2. The lowest BCUT2D eigenvalue weighted by atomic mass is 9.83. The number of rotatable bonds is 9. The smallest absolute Gasteiger partial charge is 0.294 e. The Morgan fingerprint density at radius 1 is 1.00 bits per heavy atom. The van der Waals surface area contributed by atoms with E-state index in [1.54, 1.807) is 31.2 Å². The Bertz CT molecular complexity index is 683. The monoisotopic (exact) mass is 351 g/mol. The molecule has 0 fully saturated rings. The lowest BCUT2D eigenvalue weighted by Gasteiger charge is -2.18. The summed E-state index contributed by atoms with van der Waals surface area (Å²) >= 11 is 0. The third-order valence-corrected chi connectivity index (χ3v) is 3.83. The summed E-state index contributed by atoms with van der Waals surface area (Å²) in [5, 5.41) is 9.13. The van der Waals surface area contributed by atoms with Gasteiger partial charge in [0.05, 0.1) is 6.61 Å². The van der Waals surface area contributed by atoms with Crippen LogP contribution in [-0.4, -0.2) is 36.5 Å². The molecule has 0 atom stereocenters. The quantitative estimate of drug-likeness (QED) is 0.313. The van der Waals surface area contributed by atoms with Crippen LogP contribution < -0.4 is 6.15 Å². The Balaban J connectivity index is 0.00000312. The standard InChI is InChI=1S/C17H19NO6.H3N/c1-12-13(8-4-9-23-10-5-11-24-18(21)22)17(20)15-7-3-2-6-14(15)16(12)19;/h2-3,6-7H,4-5,8-11H2,1H3;1H3/i;1+1. The number of fused-ring (bicyclic) bond motifs is 1. The third-order valence-electron chi connectivity index (χ3n) is 3.83. The van der Waals surface area contributed by atoms with Crippen molar-refractivity contribution in [3.05, 3.63) is 56.7 Å². The Morgan fingerprint density at radius 2 is 1.60 bits per heavy atom. The van der Waals surface area contributed by atoms with E-state index in [9.17, 15) is 19.7 Å². The van der Waals surface area contributed by atoms with Crippen LogP contribution >= 0.6 is 0 Å². The summed E-state index contributed by atoms with van der Waals surface area (Å²) in [5.74, 6) is -0.194. The van der Waals surface area contributed by atoms with Crippen LogP contribution in [0.1, 0.15) is 46.9 Å². The minimum absolute atomic E-state index is 0. The van der Waals surface area contributed by atoms with E-state index in [2.05, 4.69) is 4.84 Å². The molecule has 0 aromatic heterocycles. The van der Waals surface area contributed by atoms with Gasteiger partial charge < -0.3 is 15.7 Å². The number of Topliss-reactive ketones (excluding diaryl/α,β-unsaturated/α-hetero) is 2. The van der Waals surface area contributed by atoms with Crippen molar-refractivity contribution in [1.29, 1.82) is 0 Å². The number of ether oxygens (including phenoxy) is 1. The number of carbonyl (C=O) groups is 2. The van der Waals surface area contributed by atoms with Crippen molar-refractivity contribution >= 4 is 11.6 Å². The van der Waals surface area contributed by atoms with E-state index >= 15 is 0 Å². The number of hydrogen-bond acceptors (Lipinski definition) is 7. The maximum absolute atomic E-state index is 12.5. The van der Waals surface area contributed by atoms with Gasteiger partial charge in [-0.1, -0.05) is 24.3 Å². The van der Waals surface area contributed by atoms with Crippen LogP contribution in [0.15, 0.2) is 35.4 Å². The predicted octanol–water partition coefficient (Wildman–Crippen LogP) is 2.94. The summed E-state index contributed by atoms with van der Waals surface area (Å²) in [6.45, 7) is 2.45. The topological polar surface area (TPSA) is 131 Å². The van der Waals surface area contributed by atoms with Crippen molar-refractivity contribution in [2.45, 2.75) is 26.2 Å². The third kappa shape index (κ3) is 5.20. The van der Waals surface area contributed by atoms with Gasteiger partial charge in [-0.25, -0.2) is 0 Å². The second-order valence-corrected chi connectivity index (χ2v) is 5.43. The molecule has 0 unspecified atom stereocenters. The van der Waals surface area contributed by atoms with E-state index in [0.29, 0.717) is 54.7 Å². The van der Waals surface area contributed by atoms with Crippen molar-refractivity contribution in [3.63, 3.8) is 0 Å². The fraction of sp³-hybridized carbons (Fsp3) is 0.412. The molecule has 1 aromatic rings. The second-order valence-electron chi connectivity index (χ2n) is 5.43. The van der Waals surface area contributed by atoms with Gasteiger partial charge >= 0.3 is 0 Å². The van der Waals surface area contributed by atoms with E-state index < -0.39 is 5.09 Å². The van der Waals surface area contributed by atoms with Gasteiger partial charge in [-0.3, -0.25) is 9.59 Å². The van der Waals surface area contributed by atoms with Gasteiger partial charge in [0.2, 0.25) is 0 Å². The van der Waals surface area contributed by atoms with Crippen LogP contribution in [0.5, 0.6) is 0 Å². The molecule has 8 heteroatoms. The first-order chi connectivity index (χ1) is 11.5. The van der Waals surface area contributed by atoms with E-state index in [0.717, 1.165) is 0 Å². The molecule has 0 radical (unpaired) electrons. The van der Waals surface area contributed by atoms with E-state index in [4.69, 9.17) is 4.74 Å². The minimum Gasteiger partial charge on any atom is -0.381 e. The zero-order chi connectivity index (χ0) is 17.5. The first-order valence-electron chi connectivity index (χ1n) is 7.75. The van der Waals surface area contributed by atoms with Crippen molar-refractivity contribution in [1.82, 2.24) is 6.15 Å². The molecular formula is C17H22N2O6. The Hall–Kier alpha value is -2.58. The summed E-state index contributed by atoms with van der Waals surface area (Å²) in [6.07, 6.45) is 1.49. The molecule has 8 nitrogen and oxygen atoms in total. The molecule has 0 saturated carbocycles. The van der Waals surface area contributed by atoms with Gasteiger partial charge in [-0.15, -0.1) is 10.1 Å². The minimum atomic E-state index is -0.835. The van der Waals surface area contributed by atoms with Gasteiger partial charge in [0.1, 0.15) is 0 Å². The van der Waals surface area contributed by atoms with E-state index in [1.165, 1.54) is 0 Å². The van der Waals surface area contributed by atoms with Crippen molar-refractivity contribution in [2.75, 3.05) is 19.8 Å². The number of nitrogens with zero attached hydrogens (tertiary/aromatic N) is 1. The van der Waals surface area contributed by atoms with Crippen molar-refractivity contribution in [3.8, 4) is 0 Å². The number of carbonyl (C=O) groups excluding carboxylic acids is 2. The maximum Gasteiger partial charge on any atom is 0.294 e. The van der Waals surface area contributed by atoms with Gasteiger partial charge in [0.15, 0.2) is 11.6 Å². The van der Waals surface area contributed by atoms with Gasteiger partial charge in [0.25, 0.3) is 5.09 Å². The lowest BCUT2D eigenvalue weighted by molar-refractivity contribution is -0.757. The molecule has 1 aliphatic rings. The van der Waals surface area contributed by atoms with Gasteiger partial charge in [0, 0.05) is 35.5 Å². The van der Waals surface area contributed by atoms with Gasteiger partial charge in [-0.05, 0) is 26.2 Å². The highest BCUT2D eigenvalue weighted by Crippen LogP contribution is 2.28. The summed E-state index contributed by atoms with van der Waals surface area (Å²) in [6, 6.07) is 6.84. The van der Waals surface area contributed by atoms with Crippen LogP contribution in [0.4, 0.5) is 0 Å².